The Bertz CT molecular complexity index is 4560. The molecule has 0 atom stereocenters. The second-order valence-corrected chi connectivity index (χ2v) is 19.7. The average molecular weight is 981 g/mol. The molecule has 4 aromatic heterocycles. The zero-order valence-corrected chi connectivity index (χ0v) is 41.6. The van der Waals surface area contributed by atoms with Crippen LogP contribution in [0.4, 0.5) is 0 Å². The molecule has 358 valence electrons. The molecule has 11 aromatic carbocycles. The predicted molar refractivity (Wildman–Crippen MR) is 317 cm³/mol. The number of nitrogens with zero attached hydrogens (tertiary/aromatic N) is 6. The summed E-state index contributed by atoms with van der Waals surface area (Å²) in [4.78, 5) is 9.94. The second-order valence-electron chi connectivity index (χ2n) is 19.7. The normalized spacial score (nSPS) is 11.6. The van der Waals surface area contributed by atoms with Crippen LogP contribution in [0.2, 0.25) is 0 Å². The Labute approximate surface area is 443 Å². The summed E-state index contributed by atoms with van der Waals surface area (Å²) < 4.78 is 7.24. The molecule has 77 heavy (non-hydrogen) atoms. The van der Waals surface area contributed by atoms with E-state index in [1.807, 2.05) is 54.6 Å². The molecule has 0 aliphatic carbocycles. The molecule has 0 saturated carbocycles. The van der Waals surface area contributed by atoms with Crippen molar-refractivity contribution >= 4 is 65.4 Å². The van der Waals surface area contributed by atoms with E-state index in [2.05, 4.69) is 226 Å². The second kappa shape index (κ2) is 17.8. The summed E-state index contributed by atoms with van der Waals surface area (Å²) in [6, 6.07) is 97.1. The number of nitriles is 1. The Hall–Kier alpha value is -10.6. The molecular weight excluding hydrogens is 937 g/mol. The van der Waals surface area contributed by atoms with Crippen molar-refractivity contribution in [2.24, 2.45) is 0 Å². The first-order valence-corrected chi connectivity index (χ1v) is 25.9. The van der Waals surface area contributed by atoms with Crippen LogP contribution in [-0.2, 0) is 0 Å². The number of para-hydroxylation sites is 4. The first kappa shape index (κ1) is 43.9. The Kier molecular flexibility index (Phi) is 10.2. The van der Waals surface area contributed by atoms with Gasteiger partial charge in [0.15, 0.2) is 5.82 Å². The molecule has 15 aromatic rings. The third-order valence-corrected chi connectivity index (χ3v) is 15.4. The molecule has 0 saturated heterocycles. The molecule has 0 bridgehead atoms. The van der Waals surface area contributed by atoms with Crippen LogP contribution in [0, 0.1) is 11.3 Å². The zero-order chi connectivity index (χ0) is 51.0. The highest BCUT2D eigenvalue weighted by Gasteiger charge is 2.20. The van der Waals surface area contributed by atoms with E-state index in [0.29, 0.717) is 17.0 Å². The first-order valence-electron chi connectivity index (χ1n) is 25.9. The highest BCUT2D eigenvalue weighted by molar-refractivity contribution is 6.14. The van der Waals surface area contributed by atoms with E-state index in [0.717, 1.165) is 72.9 Å². The average Bonchev–Trinajstić information content (AvgIpc) is 4.30. The maximum absolute atomic E-state index is 9.92. The lowest BCUT2D eigenvalue weighted by Gasteiger charge is -2.12. The molecule has 0 amide bonds. The predicted octanol–water partition coefficient (Wildman–Crippen LogP) is 18.0. The lowest BCUT2D eigenvalue weighted by Crippen LogP contribution is -1.97. The van der Waals surface area contributed by atoms with Crippen LogP contribution < -0.4 is 0 Å². The van der Waals surface area contributed by atoms with Crippen molar-refractivity contribution in [3.8, 4) is 79.3 Å². The fourth-order valence-corrected chi connectivity index (χ4v) is 11.7. The fraction of sp³-hybridized carbons (Fsp3) is 0. The Morgan fingerprint density at radius 3 is 1.06 bits per heavy atom. The van der Waals surface area contributed by atoms with Gasteiger partial charge in [0.25, 0.3) is 0 Å². The molecule has 0 radical (unpaired) electrons. The monoisotopic (exact) mass is 980 g/mol. The van der Waals surface area contributed by atoms with Crippen molar-refractivity contribution in [3.63, 3.8) is 0 Å². The maximum Gasteiger partial charge on any atom is 0.161 e. The topological polar surface area (TPSA) is 64.4 Å². The Balaban J connectivity index is 0.787. The minimum atomic E-state index is 0.524. The molecule has 0 aliphatic rings. The molecule has 15 rings (SSSR count). The largest absolute Gasteiger partial charge is 0.309 e. The molecule has 0 spiro atoms. The van der Waals surface area contributed by atoms with Crippen LogP contribution in [0.15, 0.2) is 267 Å². The fourth-order valence-electron chi connectivity index (χ4n) is 11.7. The number of fused-ring (bicyclic) bond motifs is 9. The summed E-state index contributed by atoms with van der Waals surface area (Å²) in [7, 11) is 0. The van der Waals surface area contributed by atoms with Crippen molar-refractivity contribution in [2.75, 3.05) is 0 Å². The summed E-state index contributed by atoms with van der Waals surface area (Å²) in [6.07, 6.45) is 0. The molecule has 0 aliphatic heterocycles. The van der Waals surface area contributed by atoms with E-state index in [4.69, 9.17) is 9.97 Å². The molecule has 0 fully saturated rings. The van der Waals surface area contributed by atoms with Gasteiger partial charge >= 0.3 is 0 Å². The van der Waals surface area contributed by atoms with Gasteiger partial charge in [-0.25, -0.2) is 9.97 Å². The van der Waals surface area contributed by atoms with Gasteiger partial charge in [-0.05, 0) is 113 Å². The molecule has 6 heteroatoms. The number of rotatable bonds is 8. The zero-order valence-electron chi connectivity index (χ0n) is 41.6. The van der Waals surface area contributed by atoms with Crippen molar-refractivity contribution in [2.45, 2.75) is 0 Å². The quantitative estimate of drug-likeness (QED) is 0.152. The molecule has 0 unspecified atom stereocenters. The van der Waals surface area contributed by atoms with Gasteiger partial charge in [-0.15, -0.1) is 0 Å². The number of benzene rings is 11. The third-order valence-electron chi connectivity index (χ3n) is 15.4. The van der Waals surface area contributed by atoms with Gasteiger partial charge in [0.1, 0.15) is 0 Å². The highest BCUT2D eigenvalue weighted by Crippen LogP contribution is 2.40. The van der Waals surface area contributed by atoms with E-state index in [-0.39, 0.29) is 0 Å². The summed E-state index contributed by atoms with van der Waals surface area (Å²) >= 11 is 0. The Morgan fingerprint density at radius 2 is 0.610 bits per heavy atom. The van der Waals surface area contributed by atoms with E-state index < -0.39 is 0 Å². The molecule has 0 N–H and O–H groups in total. The molecular formula is C71H44N6. The molecule has 6 nitrogen and oxygen atoms in total. The van der Waals surface area contributed by atoms with Crippen molar-refractivity contribution in [1.82, 2.24) is 23.7 Å². The van der Waals surface area contributed by atoms with Crippen LogP contribution in [0.3, 0.4) is 0 Å². The van der Waals surface area contributed by atoms with Crippen LogP contribution in [-0.4, -0.2) is 23.7 Å². The van der Waals surface area contributed by atoms with E-state index >= 15 is 0 Å². The van der Waals surface area contributed by atoms with Crippen LogP contribution >= 0.6 is 0 Å². The molecule has 4 heterocycles. The SMILES string of the molecule is N#Cc1ccccc1-c1nc(-c2ccccc2)cc(-c2ccc(-c3ccc(-c4ccc(-n5c6ccc(-n7c8ccccc8c8ccccc87)cc6c6cc(-n7c8ccccc8c8ccccc87)ccc65)cc4)cc3)cc2)n1. The van der Waals surface area contributed by atoms with E-state index in [1.165, 1.54) is 54.4 Å². The minimum absolute atomic E-state index is 0.524. The lowest BCUT2D eigenvalue weighted by atomic mass is 9.98. The van der Waals surface area contributed by atoms with Crippen LogP contribution in [0.5, 0.6) is 0 Å². The standard InChI is InChI=1S/C71H44N6/c72-45-52-16-4-5-17-56(52)71-73-63(50-14-2-1-3-15-50)44-64(74-71)51-32-30-48(31-33-51)46-26-28-47(29-27-46)49-34-36-53(37-35-49)75-69-40-38-54(76-65-22-10-6-18-57(65)58-19-7-11-23-66(58)76)42-61(69)62-43-55(39-41-70(62)75)77-67-24-12-8-20-59(67)60-21-9-13-25-68(60)77/h1-44H. The number of hydrogen-bond acceptors (Lipinski definition) is 3. The van der Waals surface area contributed by atoms with Crippen molar-refractivity contribution in [1.29, 1.82) is 5.26 Å². The van der Waals surface area contributed by atoms with E-state index in [9.17, 15) is 5.26 Å². The number of aromatic nitrogens is 5. The van der Waals surface area contributed by atoms with Gasteiger partial charge in [-0.1, -0.05) is 176 Å². The van der Waals surface area contributed by atoms with Gasteiger partial charge in [0.05, 0.1) is 56.1 Å². The maximum atomic E-state index is 9.92. The van der Waals surface area contributed by atoms with Crippen molar-refractivity contribution in [3.05, 3.63) is 272 Å². The summed E-state index contributed by atoms with van der Waals surface area (Å²) in [5, 5.41) is 17.3. The van der Waals surface area contributed by atoms with Gasteiger partial charge in [0.2, 0.25) is 0 Å². The third kappa shape index (κ3) is 7.25. The first-order chi connectivity index (χ1) is 38.1. The van der Waals surface area contributed by atoms with Gasteiger partial charge in [0, 0.05) is 66.1 Å². The number of hydrogen-bond donors (Lipinski definition) is 0. The van der Waals surface area contributed by atoms with Gasteiger partial charge in [-0.2, -0.15) is 5.26 Å². The van der Waals surface area contributed by atoms with Gasteiger partial charge in [-0.3, -0.25) is 0 Å². The lowest BCUT2D eigenvalue weighted by molar-refractivity contribution is 1.16. The van der Waals surface area contributed by atoms with Crippen LogP contribution in [0.1, 0.15) is 5.56 Å². The summed E-state index contributed by atoms with van der Waals surface area (Å²) in [5.41, 5.74) is 19.7. The van der Waals surface area contributed by atoms with Crippen LogP contribution in [0.25, 0.3) is 139 Å². The highest BCUT2D eigenvalue weighted by atomic mass is 15.0. The minimum Gasteiger partial charge on any atom is -0.309 e. The Morgan fingerprint density at radius 1 is 0.273 bits per heavy atom. The summed E-state index contributed by atoms with van der Waals surface area (Å²) in [6.45, 7) is 0. The summed E-state index contributed by atoms with van der Waals surface area (Å²) in [5.74, 6) is 0.524. The van der Waals surface area contributed by atoms with Crippen molar-refractivity contribution < 1.29 is 0 Å². The van der Waals surface area contributed by atoms with E-state index in [1.54, 1.807) is 6.07 Å². The van der Waals surface area contributed by atoms with Gasteiger partial charge < -0.3 is 13.7 Å². The smallest absolute Gasteiger partial charge is 0.161 e.